The van der Waals surface area contributed by atoms with E-state index in [0.717, 1.165) is 39.9 Å². The van der Waals surface area contributed by atoms with Gasteiger partial charge in [-0.15, -0.1) is 0 Å². The van der Waals surface area contributed by atoms with E-state index in [1.165, 1.54) is 16.3 Å². The maximum atomic E-state index is 10.8. The quantitative estimate of drug-likeness (QED) is 0.149. The number of carboxylic acids is 2. The molecule has 5 N–H and O–H groups in total. The lowest BCUT2D eigenvalue weighted by Gasteiger charge is -2.31. The number of aliphatic carboxylic acids is 2. The number of hydrogen-bond acceptors (Lipinski definition) is 6. The normalized spacial score (nSPS) is 11.7. The van der Waals surface area contributed by atoms with Crippen LogP contribution in [0, 0.1) is 0 Å². The largest absolute Gasteiger partial charge is 0.508 e. The SMILES string of the molecule is Nc1ccc(CC(=O)O)cc1.O=C(O)Cc1ccc(N2COc3ccc4ccccc4c3C2)cc1.Oc1ccc2ccccc2c1. The molecule has 7 rings (SSSR count). The van der Waals surface area contributed by atoms with Crippen LogP contribution < -0.4 is 15.4 Å². The molecule has 1 heterocycles. The van der Waals surface area contributed by atoms with Gasteiger partial charge in [0.2, 0.25) is 0 Å². The summed E-state index contributed by atoms with van der Waals surface area (Å²) in [4.78, 5) is 23.2. The van der Waals surface area contributed by atoms with Crippen LogP contribution in [0.1, 0.15) is 16.7 Å². The zero-order valence-electron chi connectivity index (χ0n) is 25.0. The Bertz CT molecular complexity index is 1960. The van der Waals surface area contributed by atoms with Crippen molar-refractivity contribution in [2.75, 3.05) is 17.4 Å². The van der Waals surface area contributed by atoms with Gasteiger partial charge in [-0.2, -0.15) is 0 Å². The first kappa shape index (κ1) is 31.4. The molecular weight excluding hydrogens is 580 g/mol. The molecule has 0 fully saturated rings. The number of rotatable bonds is 5. The van der Waals surface area contributed by atoms with E-state index in [-0.39, 0.29) is 12.8 Å². The van der Waals surface area contributed by atoms with Gasteiger partial charge in [-0.05, 0) is 75.1 Å². The monoisotopic (exact) mass is 614 g/mol. The van der Waals surface area contributed by atoms with Crippen molar-refractivity contribution in [3.63, 3.8) is 0 Å². The number of carboxylic acid groups (broad SMARTS) is 2. The van der Waals surface area contributed by atoms with E-state index in [1.807, 2.05) is 72.8 Å². The molecule has 0 unspecified atom stereocenters. The van der Waals surface area contributed by atoms with Crippen LogP contribution in [0.15, 0.2) is 127 Å². The molecule has 0 amide bonds. The van der Waals surface area contributed by atoms with Crippen molar-refractivity contribution in [1.29, 1.82) is 0 Å². The number of nitrogens with zero attached hydrogens (tertiary/aromatic N) is 1. The Morgan fingerprint density at radius 3 is 1.89 bits per heavy atom. The molecule has 1 aliphatic heterocycles. The third kappa shape index (κ3) is 8.33. The summed E-state index contributed by atoms with van der Waals surface area (Å²) in [6, 6.07) is 40.2. The van der Waals surface area contributed by atoms with Gasteiger partial charge in [0.25, 0.3) is 0 Å². The minimum Gasteiger partial charge on any atom is -0.508 e. The predicted octanol–water partition coefficient (Wildman–Crippen LogP) is 7.26. The van der Waals surface area contributed by atoms with Gasteiger partial charge in [0.15, 0.2) is 6.73 Å². The second-order valence-corrected chi connectivity index (χ2v) is 10.8. The van der Waals surface area contributed by atoms with Gasteiger partial charge < -0.3 is 30.7 Å². The van der Waals surface area contributed by atoms with Crippen LogP contribution in [0.25, 0.3) is 21.5 Å². The lowest BCUT2D eigenvalue weighted by molar-refractivity contribution is -0.137. The number of phenolic OH excluding ortho intramolecular Hbond substituents is 1. The average molecular weight is 615 g/mol. The Hall–Kier alpha value is -6.02. The summed E-state index contributed by atoms with van der Waals surface area (Å²) in [5.41, 5.74) is 9.85. The van der Waals surface area contributed by atoms with E-state index < -0.39 is 11.9 Å². The van der Waals surface area contributed by atoms with Crippen molar-refractivity contribution < 1.29 is 29.6 Å². The number of hydrogen-bond donors (Lipinski definition) is 4. The first-order chi connectivity index (χ1) is 22.2. The number of nitrogen functional groups attached to an aromatic ring is 1. The summed E-state index contributed by atoms with van der Waals surface area (Å²) in [6.45, 7) is 1.26. The maximum Gasteiger partial charge on any atom is 0.307 e. The Kier molecular flexibility index (Phi) is 9.99. The standard InChI is InChI=1S/C20H17NO3.C10H8O.C8H9NO2/c22-20(23)11-14-5-8-16(9-6-14)21-12-18-17-4-2-1-3-15(17)7-10-19(18)24-13-21;11-10-6-5-8-3-1-2-4-9(8)7-10;9-7-3-1-6(2-4-7)5-8(10)11/h1-10H,11-13H2,(H,22,23);1-7,11H;1-4H,5,9H2,(H,10,11). The molecule has 0 aliphatic carbocycles. The third-order valence-corrected chi connectivity index (χ3v) is 7.45. The van der Waals surface area contributed by atoms with Crippen molar-refractivity contribution in [1.82, 2.24) is 0 Å². The summed E-state index contributed by atoms with van der Waals surface area (Å²) in [5.74, 6) is -0.379. The number of phenols is 1. The van der Waals surface area contributed by atoms with Crippen molar-refractivity contribution in [3.8, 4) is 11.5 Å². The van der Waals surface area contributed by atoms with Crippen LogP contribution in [0.3, 0.4) is 0 Å². The Morgan fingerprint density at radius 2 is 1.24 bits per heavy atom. The zero-order valence-corrected chi connectivity index (χ0v) is 25.0. The van der Waals surface area contributed by atoms with Crippen LogP contribution >= 0.6 is 0 Å². The number of nitrogens with two attached hydrogens (primary N) is 1. The minimum absolute atomic E-state index is 0.0459. The molecule has 8 heteroatoms. The van der Waals surface area contributed by atoms with Gasteiger partial charge >= 0.3 is 11.9 Å². The van der Waals surface area contributed by atoms with Crippen molar-refractivity contribution in [2.45, 2.75) is 19.4 Å². The first-order valence-corrected chi connectivity index (χ1v) is 14.7. The van der Waals surface area contributed by atoms with Gasteiger partial charge in [0.05, 0.1) is 19.4 Å². The van der Waals surface area contributed by atoms with Crippen LogP contribution in [-0.2, 0) is 29.0 Å². The van der Waals surface area contributed by atoms with E-state index >= 15 is 0 Å². The number of fused-ring (bicyclic) bond motifs is 4. The van der Waals surface area contributed by atoms with E-state index in [4.69, 9.17) is 25.8 Å². The number of benzene rings is 6. The molecule has 0 saturated carbocycles. The molecule has 6 aromatic rings. The summed E-state index contributed by atoms with van der Waals surface area (Å²) >= 11 is 0. The number of ether oxygens (including phenoxy) is 1. The van der Waals surface area contributed by atoms with E-state index in [2.05, 4.69) is 23.1 Å². The van der Waals surface area contributed by atoms with Gasteiger partial charge in [-0.3, -0.25) is 9.59 Å². The van der Waals surface area contributed by atoms with Gasteiger partial charge in [0.1, 0.15) is 11.5 Å². The molecule has 8 nitrogen and oxygen atoms in total. The second kappa shape index (κ2) is 14.6. The highest BCUT2D eigenvalue weighted by atomic mass is 16.5. The van der Waals surface area contributed by atoms with Gasteiger partial charge in [-0.25, -0.2) is 0 Å². The Labute approximate surface area is 266 Å². The first-order valence-electron chi connectivity index (χ1n) is 14.7. The van der Waals surface area contributed by atoms with Crippen molar-refractivity contribution in [3.05, 3.63) is 144 Å². The fourth-order valence-corrected chi connectivity index (χ4v) is 5.15. The predicted molar refractivity (Wildman–Crippen MR) is 181 cm³/mol. The Balaban J connectivity index is 0.000000157. The molecule has 0 radical (unpaired) electrons. The Morgan fingerprint density at radius 1 is 0.674 bits per heavy atom. The van der Waals surface area contributed by atoms with Crippen molar-refractivity contribution in [2.24, 2.45) is 0 Å². The summed E-state index contributed by atoms with van der Waals surface area (Å²) in [5, 5.41) is 31.1. The van der Waals surface area contributed by atoms with Crippen LogP contribution in [0.2, 0.25) is 0 Å². The number of aromatic hydroxyl groups is 1. The fraction of sp³-hybridized carbons (Fsp3) is 0.105. The molecular formula is C38H34N2O6. The number of carbonyl (C=O) groups is 2. The minimum atomic E-state index is -0.824. The zero-order chi connectivity index (χ0) is 32.5. The third-order valence-electron chi connectivity index (χ3n) is 7.45. The summed E-state index contributed by atoms with van der Waals surface area (Å²) < 4.78 is 5.93. The van der Waals surface area contributed by atoms with E-state index in [0.29, 0.717) is 18.2 Å². The maximum absolute atomic E-state index is 10.8. The highest BCUT2D eigenvalue weighted by Gasteiger charge is 2.20. The molecule has 0 spiro atoms. The molecule has 0 saturated heterocycles. The highest BCUT2D eigenvalue weighted by molar-refractivity contribution is 5.88. The molecule has 6 aromatic carbocycles. The van der Waals surface area contributed by atoms with Crippen LogP contribution in [-0.4, -0.2) is 34.0 Å². The summed E-state index contributed by atoms with van der Waals surface area (Å²) in [7, 11) is 0. The van der Waals surface area contributed by atoms with Crippen molar-refractivity contribution >= 4 is 44.9 Å². The lowest BCUT2D eigenvalue weighted by Crippen LogP contribution is -2.31. The van der Waals surface area contributed by atoms with Gasteiger partial charge in [-0.1, -0.05) is 84.9 Å². The van der Waals surface area contributed by atoms with E-state index in [9.17, 15) is 9.59 Å². The topological polar surface area (TPSA) is 133 Å². The molecule has 0 atom stereocenters. The molecule has 232 valence electrons. The van der Waals surface area contributed by atoms with Crippen LogP contribution in [0.5, 0.6) is 11.5 Å². The highest BCUT2D eigenvalue weighted by Crippen LogP contribution is 2.34. The molecule has 0 bridgehead atoms. The van der Waals surface area contributed by atoms with Crippen LogP contribution in [0.4, 0.5) is 11.4 Å². The lowest BCUT2D eigenvalue weighted by atomic mass is 10.0. The molecule has 0 aromatic heterocycles. The molecule has 1 aliphatic rings. The van der Waals surface area contributed by atoms with Gasteiger partial charge in [0, 0.05) is 16.9 Å². The molecule has 46 heavy (non-hydrogen) atoms. The summed E-state index contributed by atoms with van der Waals surface area (Å²) in [6.07, 6.45) is 0.102. The second-order valence-electron chi connectivity index (χ2n) is 10.8. The fourth-order valence-electron chi connectivity index (χ4n) is 5.15. The van der Waals surface area contributed by atoms with E-state index in [1.54, 1.807) is 36.4 Å². The number of anilines is 2. The smallest absolute Gasteiger partial charge is 0.307 e. The average Bonchev–Trinajstić information content (AvgIpc) is 3.06.